The Morgan fingerprint density at radius 3 is 2.00 bits per heavy atom. The summed E-state index contributed by atoms with van der Waals surface area (Å²) in [5.74, 6) is -3.48. The number of carboxylic acid groups (broad SMARTS) is 1. The number of hydrogen-bond donors (Lipinski definition) is 3. The molecule has 8 heteroatoms. The summed E-state index contributed by atoms with van der Waals surface area (Å²) in [5.41, 5.74) is 1.48. The van der Waals surface area contributed by atoms with Crippen LogP contribution in [0.3, 0.4) is 0 Å². The summed E-state index contributed by atoms with van der Waals surface area (Å²) in [5, 5.41) is 13.8. The Morgan fingerprint density at radius 2 is 1.45 bits per heavy atom. The van der Waals surface area contributed by atoms with E-state index in [0.717, 1.165) is 5.56 Å². The van der Waals surface area contributed by atoms with Gasteiger partial charge in [0.1, 0.15) is 18.7 Å². The molecule has 0 aliphatic heterocycles. The maximum Gasteiger partial charge on any atom is 0.408 e. The number of benzene rings is 2. The first-order valence-electron chi connectivity index (χ1n) is 8.95. The van der Waals surface area contributed by atoms with E-state index >= 15 is 0 Å². The quantitative estimate of drug-likeness (QED) is 0.553. The average molecular weight is 398 g/mol. The first-order valence-corrected chi connectivity index (χ1v) is 8.95. The van der Waals surface area contributed by atoms with Gasteiger partial charge in [0.05, 0.1) is 0 Å². The van der Waals surface area contributed by atoms with Crippen molar-refractivity contribution in [1.82, 2.24) is 10.6 Å². The Kier molecular flexibility index (Phi) is 7.90. The molecule has 29 heavy (non-hydrogen) atoms. The maximum atomic E-state index is 12.4. The SMILES string of the molecule is C[C@H](NC(=O)OCc1ccccc1)C(=O)N[C@@H](Cc1ccccc1)C(=O)C(=O)O. The third-order valence-corrected chi connectivity index (χ3v) is 4.07. The summed E-state index contributed by atoms with van der Waals surface area (Å²) in [6.45, 7) is 1.44. The molecule has 0 spiro atoms. The molecule has 0 aliphatic rings. The van der Waals surface area contributed by atoms with Gasteiger partial charge in [-0.05, 0) is 18.1 Å². The number of rotatable bonds is 9. The van der Waals surface area contributed by atoms with Gasteiger partial charge in [0.15, 0.2) is 0 Å². The molecule has 3 N–H and O–H groups in total. The number of Topliss-reactive ketones (excluding diaryl/α,β-unsaturated/α-hetero) is 1. The van der Waals surface area contributed by atoms with Crippen LogP contribution in [0.25, 0.3) is 0 Å². The molecule has 0 saturated carbocycles. The van der Waals surface area contributed by atoms with Crippen LogP contribution >= 0.6 is 0 Å². The van der Waals surface area contributed by atoms with E-state index in [9.17, 15) is 19.2 Å². The highest BCUT2D eigenvalue weighted by molar-refractivity contribution is 6.35. The smallest absolute Gasteiger partial charge is 0.408 e. The van der Waals surface area contributed by atoms with Crippen LogP contribution in [0.15, 0.2) is 60.7 Å². The minimum Gasteiger partial charge on any atom is -0.475 e. The molecule has 2 amide bonds. The van der Waals surface area contributed by atoms with Crippen molar-refractivity contribution in [3.63, 3.8) is 0 Å². The highest BCUT2D eigenvalue weighted by Gasteiger charge is 2.28. The summed E-state index contributed by atoms with van der Waals surface area (Å²) < 4.78 is 5.04. The predicted molar refractivity (Wildman–Crippen MR) is 104 cm³/mol. The number of carbonyl (C=O) groups is 4. The van der Waals surface area contributed by atoms with Crippen LogP contribution in [-0.4, -0.2) is 40.9 Å². The van der Waals surface area contributed by atoms with E-state index in [-0.39, 0.29) is 13.0 Å². The lowest BCUT2D eigenvalue weighted by Gasteiger charge is -2.19. The Labute approximate surface area is 167 Å². The van der Waals surface area contributed by atoms with Gasteiger partial charge in [0.25, 0.3) is 5.78 Å². The minimum absolute atomic E-state index is 0.0168. The second-order valence-corrected chi connectivity index (χ2v) is 6.35. The van der Waals surface area contributed by atoms with Crippen molar-refractivity contribution in [2.75, 3.05) is 0 Å². The minimum atomic E-state index is -1.64. The second-order valence-electron chi connectivity index (χ2n) is 6.35. The Balaban J connectivity index is 1.92. The third-order valence-electron chi connectivity index (χ3n) is 4.07. The summed E-state index contributed by atoms with van der Waals surface area (Å²) >= 11 is 0. The molecule has 0 aliphatic carbocycles. The number of ketones is 1. The fraction of sp³-hybridized carbons (Fsp3) is 0.238. The Hall–Kier alpha value is -3.68. The average Bonchev–Trinajstić information content (AvgIpc) is 2.72. The third kappa shape index (κ3) is 7.10. The molecule has 8 nitrogen and oxygen atoms in total. The van der Waals surface area contributed by atoms with Crippen molar-refractivity contribution < 1.29 is 29.0 Å². The highest BCUT2D eigenvalue weighted by atomic mass is 16.5. The van der Waals surface area contributed by atoms with Gasteiger partial charge in [-0.15, -0.1) is 0 Å². The normalized spacial score (nSPS) is 12.3. The van der Waals surface area contributed by atoms with E-state index in [4.69, 9.17) is 9.84 Å². The van der Waals surface area contributed by atoms with Gasteiger partial charge in [-0.1, -0.05) is 60.7 Å². The molecule has 0 bridgehead atoms. The number of carboxylic acids is 1. The van der Waals surface area contributed by atoms with Crippen molar-refractivity contribution in [3.05, 3.63) is 71.8 Å². The van der Waals surface area contributed by atoms with E-state index in [1.165, 1.54) is 6.92 Å². The molecule has 0 aromatic heterocycles. The molecule has 152 valence electrons. The Bertz CT molecular complexity index is 854. The molecule has 2 aromatic rings. The number of carbonyl (C=O) groups excluding carboxylic acids is 3. The van der Waals surface area contributed by atoms with Crippen LogP contribution in [0.5, 0.6) is 0 Å². The lowest BCUT2D eigenvalue weighted by Crippen LogP contribution is -2.52. The van der Waals surface area contributed by atoms with Crippen molar-refractivity contribution >= 4 is 23.8 Å². The zero-order valence-corrected chi connectivity index (χ0v) is 15.8. The fourth-order valence-corrected chi connectivity index (χ4v) is 2.51. The van der Waals surface area contributed by atoms with Crippen molar-refractivity contribution in [1.29, 1.82) is 0 Å². The topological polar surface area (TPSA) is 122 Å². The molecule has 0 saturated heterocycles. The van der Waals surface area contributed by atoms with Crippen molar-refractivity contribution in [2.24, 2.45) is 0 Å². The number of amides is 2. The van der Waals surface area contributed by atoms with E-state index in [1.807, 2.05) is 6.07 Å². The largest absolute Gasteiger partial charge is 0.475 e. The van der Waals surface area contributed by atoms with Crippen molar-refractivity contribution in [2.45, 2.75) is 32.0 Å². The van der Waals surface area contributed by atoms with Crippen LogP contribution < -0.4 is 10.6 Å². The zero-order valence-electron chi connectivity index (χ0n) is 15.8. The molecular weight excluding hydrogens is 376 g/mol. The lowest BCUT2D eigenvalue weighted by atomic mass is 10.0. The summed E-state index contributed by atoms with van der Waals surface area (Å²) in [6.07, 6.45) is -0.788. The van der Waals surface area contributed by atoms with Gasteiger partial charge in [-0.3, -0.25) is 9.59 Å². The van der Waals surface area contributed by atoms with Crippen molar-refractivity contribution in [3.8, 4) is 0 Å². The molecule has 0 fully saturated rings. The summed E-state index contributed by atoms with van der Waals surface area (Å²) in [6, 6.07) is 15.4. The van der Waals surface area contributed by atoms with Crippen LogP contribution in [-0.2, 0) is 32.1 Å². The van der Waals surface area contributed by atoms with E-state index in [0.29, 0.717) is 5.56 Å². The molecule has 2 rings (SSSR count). The fourth-order valence-electron chi connectivity index (χ4n) is 2.51. The van der Waals surface area contributed by atoms with Crippen LogP contribution in [0, 0.1) is 0 Å². The zero-order chi connectivity index (χ0) is 21.2. The number of alkyl carbamates (subject to hydrolysis) is 1. The highest BCUT2D eigenvalue weighted by Crippen LogP contribution is 2.05. The second kappa shape index (κ2) is 10.6. The van der Waals surface area contributed by atoms with Crippen LogP contribution in [0.2, 0.25) is 0 Å². The van der Waals surface area contributed by atoms with Gasteiger partial charge in [0, 0.05) is 6.42 Å². The van der Waals surface area contributed by atoms with Gasteiger partial charge >= 0.3 is 12.1 Å². The maximum absolute atomic E-state index is 12.4. The van der Waals surface area contributed by atoms with Crippen LogP contribution in [0.4, 0.5) is 4.79 Å². The molecule has 0 heterocycles. The summed E-state index contributed by atoms with van der Waals surface area (Å²) in [7, 11) is 0. The molecule has 0 radical (unpaired) electrons. The Morgan fingerprint density at radius 1 is 0.897 bits per heavy atom. The standard InChI is InChI=1S/C21H22N2O6/c1-14(22-21(28)29-13-16-10-6-3-7-11-16)19(25)23-17(18(24)20(26)27)12-15-8-4-2-5-9-15/h2-11,14,17H,12-13H2,1H3,(H,22,28)(H,23,25)(H,26,27)/t14-,17-/m0/s1. The predicted octanol–water partition coefficient (Wildman–Crippen LogP) is 1.68. The van der Waals surface area contributed by atoms with Crippen LogP contribution in [0.1, 0.15) is 18.1 Å². The molecule has 2 aromatic carbocycles. The van der Waals surface area contributed by atoms with Gasteiger partial charge in [0.2, 0.25) is 5.91 Å². The monoisotopic (exact) mass is 398 g/mol. The first kappa shape index (κ1) is 21.6. The molecule has 2 atom stereocenters. The number of nitrogens with one attached hydrogen (secondary N) is 2. The lowest BCUT2D eigenvalue weighted by molar-refractivity contribution is -0.150. The van der Waals surface area contributed by atoms with E-state index < -0.39 is 35.8 Å². The van der Waals surface area contributed by atoms with Gasteiger partial charge in [-0.25, -0.2) is 9.59 Å². The van der Waals surface area contributed by atoms with E-state index in [1.54, 1.807) is 54.6 Å². The van der Waals surface area contributed by atoms with Gasteiger partial charge < -0.3 is 20.5 Å². The number of aliphatic carboxylic acids is 1. The number of hydrogen-bond acceptors (Lipinski definition) is 5. The number of ether oxygens (including phenoxy) is 1. The molecular formula is C21H22N2O6. The van der Waals surface area contributed by atoms with Gasteiger partial charge in [-0.2, -0.15) is 0 Å². The van der Waals surface area contributed by atoms with E-state index in [2.05, 4.69) is 10.6 Å². The molecule has 0 unspecified atom stereocenters. The first-order chi connectivity index (χ1) is 13.9. The summed E-state index contributed by atoms with van der Waals surface area (Å²) in [4.78, 5) is 47.3.